The number of nitrogens with zero attached hydrogens (tertiary/aromatic N) is 6. The van der Waals surface area contributed by atoms with Crippen LogP contribution in [0.3, 0.4) is 0 Å². The molecule has 11 heteroatoms. The summed E-state index contributed by atoms with van der Waals surface area (Å²) in [5, 5.41) is 10.9. The average molecular weight is 457 g/mol. The van der Waals surface area contributed by atoms with Crippen molar-refractivity contribution < 1.29 is 18.0 Å². The Hall–Kier alpha value is -3.76. The number of nitrogens with one attached hydrogen (secondary N) is 1. The summed E-state index contributed by atoms with van der Waals surface area (Å²) in [6, 6.07) is 11.6. The first-order valence-electron chi connectivity index (χ1n) is 10.4. The van der Waals surface area contributed by atoms with E-state index in [0.29, 0.717) is 36.3 Å². The second-order valence-corrected chi connectivity index (χ2v) is 7.59. The van der Waals surface area contributed by atoms with Gasteiger partial charge in [0.1, 0.15) is 0 Å². The number of halogens is 3. The molecule has 3 aromatic heterocycles. The van der Waals surface area contributed by atoms with Gasteiger partial charge >= 0.3 is 6.18 Å². The third-order valence-electron chi connectivity index (χ3n) is 5.27. The van der Waals surface area contributed by atoms with E-state index in [2.05, 4.69) is 25.5 Å². The van der Waals surface area contributed by atoms with Gasteiger partial charge in [0.25, 0.3) is 11.6 Å². The van der Waals surface area contributed by atoms with Crippen LogP contribution in [0.2, 0.25) is 0 Å². The maximum Gasteiger partial charge on any atom is 0.453 e. The van der Waals surface area contributed by atoms with Crippen LogP contribution in [-0.2, 0) is 23.8 Å². The van der Waals surface area contributed by atoms with E-state index in [4.69, 9.17) is 0 Å². The highest BCUT2D eigenvalue weighted by atomic mass is 19.4. The zero-order chi connectivity index (χ0) is 23.6. The van der Waals surface area contributed by atoms with E-state index in [9.17, 15) is 18.0 Å². The van der Waals surface area contributed by atoms with Crippen molar-refractivity contribution in [3.63, 3.8) is 0 Å². The van der Waals surface area contributed by atoms with Gasteiger partial charge < -0.3 is 5.32 Å². The van der Waals surface area contributed by atoms with E-state index >= 15 is 0 Å². The molecule has 0 unspecified atom stereocenters. The number of hydrogen-bond donors (Lipinski definition) is 1. The fourth-order valence-electron chi connectivity index (χ4n) is 3.57. The number of aromatic nitrogens is 6. The standard InChI is InChI=1S/C22H22F3N7O/c1-14-18(15(2)32-21(27-14)28-20(30-32)22(23,24)25)8-9-19(33)26-12-10-16-11-13-31(29-16)17-6-4-3-5-7-17/h3-7,11,13H,8-10,12H2,1-2H3,(H,26,33). The molecule has 0 aliphatic carbocycles. The molecule has 0 saturated carbocycles. The predicted molar refractivity (Wildman–Crippen MR) is 114 cm³/mol. The van der Waals surface area contributed by atoms with Gasteiger partial charge in [-0.05, 0) is 44.0 Å². The minimum absolute atomic E-state index is 0.111. The van der Waals surface area contributed by atoms with Crippen molar-refractivity contribution in [1.29, 1.82) is 0 Å². The summed E-state index contributed by atoms with van der Waals surface area (Å²) in [5.41, 5.74) is 3.50. The number of aryl methyl sites for hydroxylation is 2. The third kappa shape index (κ3) is 5.02. The molecule has 0 saturated heterocycles. The first kappa shape index (κ1) is 22.4. The number of para-hydroxylation sites is 1. The lowest BCUT2D eigenvalue weighted by atomic mass is 10.1. The Morgan fingerprint density at radius 2 is 1.79 bits per heavy atom. The number of carbonyl (C=O) groups excluding carboxylic acids is 1. The molecule has 0 fully saturated rings. The Morgan fingerprint density at radius 3 is 2.52 bits per heavy atom. The Labute approximate surface area is 187 Å². The quantitative estimate of drug-likeness (QED) is 0.460. The molecule has 1 N–H and O–H groups in total. The molecule has 33 heavy (non-hydrogen) atoms. The number of alkyl halides is 3. The molecule has 4 rings (SSSR count). The van der Waals surface area contributed by atoms with Crippen molar-refractivity contribution in [3.05, 3.63) is 71.1 Å². The monoisotopic (exact) mass is 457 g/mol. The number of hydrogen-bond acceptors (Lipinski definition) is 5. The van der Waals surface area contributed by atoms with Crippen LogP contribution in [-0.4, -0.2) is 41.8 Å². The van der Waals surface area contributed by atoms with E-state index in [0.717, 1.165) is 15.9 Å². The maximum atomic E-state index is 12.9. The van der Waals surface area contributed by atoms with Crippen LogP contribution >= 0.6 is 0 Å². The van der Waals surface area contributed by atoms with Crippen molar-refractivity contribution in [1.82, 2.24) is 34.7 Å². The van der Waals surface area contributed by atoms with Crippen LogP contribution < -0.4 is 5.32 Å². The smallest absolute Gasteiger partial charge is 0.356 e. The summed E-state index contributed by atoms with van der Waals surface area (Å²) in [6.07, 6.45) is -1.69. The van der Waals surface area contributed by atoms with E-state index < -0.39 is 12.0 Å². The number of carbonyl (C=O) groups is 1. The van der Waals surface area contributed by atoms with Gasteiger partial charge in [0.05, 0.1) is 11.4 Å². The molecule has 0 radical (unpaired) electrons. The van der Waals surface area contributed by atoms with Crippen LogP contribution in [0.5, 0.6) is 0 Å². The molecule has 172 valence electrons. The minimum Gasteiger partial charge on any atom is -0.356 e. The van der Waals surface area contributed by atoms with Gasteiger partial charge in [0.15, 0.2) is 0 Å². The van der Waals surface area contributed by atoms with Gasteiger partial charge in [-0.1, -0.05) is 18.2 Å². The number of benzene rings is 1. The summed E-state index contributed by atoms with van der Waals surface area (Å²) in [7, 11) is 0. The number of rotatable bonds is 7. The zero-order valence-corrected chi connectivity index (χ0v) is 18.1. The van der Waals surface area contributed by atoms with Crippen molar-refractivity contribution >= 4 is 11.7 Å². The Kier molecular flexibility index (Phi) is 6.12. The van der Waals surface area contributed by atoms with Gasteiger partial charge in [0.2, 0.25) is 5.91 Å². The highest BCUT2D eigenvalue weighted by molar-refractivity contribution is 5.76. The highest BCUT2D eigenvalue weighted by Gasteiger charge is 2.36. The van der Waals surface area contributed by atoms with Crippen LogP contribution in [0.25, 0.3) is 11.5 Å². The fourth-order valence-corrected chi connectivity index (χ4v) is 3.57. The Balaban J connectivity index is 1.33. The van der Waals surface area contributed by atoms with Crippen molar-refractivity contribution in [2.75, 3.05) is 6.54 Å². The lowest BCUT2D eigenvalue weighted by Crippen LogP contribution is -2.26. The van der Waals surface area contributed by atoms with Crippen molar-refractivity contribution in [2.45, 2.75) is 39.3 Å². The maximum absolute atomic E-state index is 12.9. The van der Waals surface area contributed by atoms with Gasteiger partial charge in [-0.3, -0.25) is 4.79 Å². The molecule has 0 atom stereocenters. The highest BCUT2D eigenvalue weighted by Crippen LogP contribution is 2.27. The van der Waals surface area contributed by atoms with Crippen LogP contribution in [0.1, 0.15) is 34.9 Å². The molecule has 0 bridgehead atoms. The zero-order valence-electron chi connectivity index (χ0n) is 18.1. The first-order valence-corrected chi connectivity index (χ1v) is 10.4. The molecule has 0 aliphatic heterocycles. The fraction of sp³-hybridized carbons (Fsp3) is 0.318. The second kappa shape index (κ2) is 9.00. The summed E-state index contributed by atoms with van der Waals surface area (Å²) >= 11 is 0. The van der Waals surface area contributed by atoms with Crippen molar-refractivity contribution in [2.24, 2.45) is 0 Å². The topological polar surface area (TPSA) is 90.0 Å². The molecule has 8 nitrogen and oxygen atoms in total. The average Bonchev–Trinajstić information content (AvgIpc) is 3.41. The lowest BCUT2D eigenvalue weighted by Gasteiger charge is -2.10. The molecule has 3 heterocycles. The second-order valence-electron chi connectivity index (χ2n) is 7.59. The summed E-state index contributed by atoms with van der Waals surface area (Å²) in [6.45, 7) is 3.76. The largest absolute Gasteiger partial charge is 0.453 e. The summed E-state index contributed by atoms with van der Waals surface area (Å²) in [4.78, 5) is 19.9. The Morgan fingerprint density at radius 1 is 1.03 bits per heavy atom. The van der Waals surface area contributed by atoms with Crippen LogP contribution in [0.15, 0.2) is 42.6 Å². The molecule has 1 aromatic carbocycles. The molecular formula is C22H22F3N7O. The molecule has 0 aliphatic rings. The number of fused-ring (bicyclic) bond motifs is 1. The van der Waals surface area contributed by atoms with E-state index in [1.165, 1.54) is 0 Å². The SMILES string of the molecule is Cc1nc2nc(C(F)(F)F)nn2c(C)c1CCC(=O)NCCc1ccn(-c2ccccc2)n1. The molecule has 0 spiro atoms. The van der Waals surface area contributed by atoms with E-state index in [1.807, 2.05) is 42.6 Å². The van der Waals surface area contributed by atoms with Gasteiger partial charge in [-0.15, -0.1) is 5.10 Å². The van der Waals surface area contributed by atoms with Gasteiger partial charge in [-0.25, -0.2) is 14.2 Å². The van der Waals surface area contributed by atoms with Gasteiger partial charge in [-0.2, -0.15) is 23.3 Å². The predicted octanol–water partition coefficient (Wildman–Crippen LogP) is 3.24. The van der Waals surface area contributed by atoms with Crippen LogP contribution in [0.4, 0.5) is 13.2 Å². The minimum atomic E-state index is -4.65. The van der Waals surface area contributed by atoms with Crippen molar-refractivity contribution in [3.8, 4) is 5.69 Å². The molecule has 1 amide bonds. The van der Waals surface area contributed by atoms with E-state index in [-0.39, 0.29) is 18.1 Å². The molecule has 4 aromatic rings. The third-order valence-corrected chi connectivity index (χ3v) is 5.27. The van der Waals surface area contributed by atoms with E-state index in [1.54, 1.807) is 18.5 Å². The molecular weight excluding hydrogens is 435 g/mol. The number of amides is 1. The summed E-state index contributed by atoms with van der Waals surface area (Å²) < 4.78 is 41.6. The Bertz CT molecular complexity index is 1280. The van der Waals surface area contributed by atoms with Gasteiger partial charge in [0, 0.05) is 37.0 Å². The normalized spacial score (nSPS) is 11.8. The lowest BCUT2D eigenvalue weighted by molar-refractivity contribution is -0.144. The van der Waals surface area contributed by atoms with Crippen LogP contribution in [0, 0.1) is 13.8 Å². The summed E-state index contributed by atoms with van der Waals surface area (Å²) in [5.74, 6) is -1.51. The first-order chi connectivity index (χ1) is 15.7.